The molecule has 0 bridgehead atoms. The summed E-state index contributed by atoms with van der Waals surface area (Å²) < 4.78 is 4.91. The van der Waals surface area contributed by atoms with E-state index in [1.165, 1.54) is 64.2 Å². The Hall–Kier alpha value is -2.24. The summed E-state index contributed by atoms with van der Waals surface area (Å²) in [7, 11) is 1.49. The number of ether oxygens (including phenoxy) is 1. The predicted molar refractivity (Wildman–Crippen MR) is 151 cm³/mol. The lowest BCUT2D eigenvalue weighted by atomic mass is 9.44. The Balaban J connectivity index is 1.21. The van der Waals surface area contributed by atoms with Crippen molar-refractivity contribution in [2.75, 3.05) is 7.11 Å². The average Bonchev–Trinajstić information content (AvgIpc) is 3.29. The number of nitrogens with zero attached hydrogens (tertiary/aromatic N) is 1. The molecule has 5 rings (SSSR count). The van der Waals surface area contributed by atoms with Crippen LogP contribution in [0.15, 0.2) is 24.3 Å². The summed E-state index contributed by atoms with van der Waals surface area (Å²) >= 11 is 0. The summed E-state index contributed by atoms with van der Waals surface area (Å²) in [5.41, 5.74) is 1.41. The average molecular weight is 538 g/mol. The number of hydrogen-bond acceptors (Lipinski definition) is 5. The smallest absolute Gasteiger partial charge is 0.305 e. The van der Waals surface area contributed by atoms with Gasteiger partial charge < -0.3 is 4.74 Å². The minimum absolute atomic E-state index is 0.0320. The molecule has 39 heavy (non-hydrogen) atoms. The van der Waals surface area contributed by atoms with E-state index in [-0.39, 0.29) is 17.4 Å². The summed E-state index contributed by atoms with van der Waals surface area (Å²) in [5, 5.41) is 11.0. The van der Waals surface area contributed by atoms with E-state index in [0.717, 1.165) is 37.0 Å². The van der Waals surface area contributed by atoms with Crippen LogP contribution in [-0.2, 0) is 9.53 Å². The predicted octanol–water partition coefficient (Wildman–Crippen LogP) is 8.03. The summed E-state index contributed by atoms with van der Waals surface area (Å²) in [5.74, 6) is 4.85. The summed E-state index contributed by atoms with van der Waals surface area (Å²) in [6.07, 6.45) is 13.4. The molecule has 3 unspecified atom stereocenters. The summed E-state index contributed by atoms with van der Waals surface area (Å²) in [6.45, 7) is 7.52. The SMILES string of the molecule is COC(=O)CC[C@@H](C)C1CC[C@H]2C3CC[C@@H]4CC(CC(=O)c5ccc([N+](=O)[O-])cc5)CC[C@]4(C)[C@H]3CC[C@]12C. The first kappa shape index (κ1) is 28.3. The minimum Gasteiger partial charge on any atom is -0.469 e. The molecule has 4 saturated carbocycles. The normalized spacial score (nSPS) is 38.2. The second kappa shape index (κ2) is 11.0. The van der Waals surface area contributed by atoms with Crippen molar-refractivity contribution in [1.29, 1.82) is 0 Å². The standard InChI is InChI=1S/C33H47NO5/c1-21(5-14-31(36)39-4)27-12-13-28-26-11-8-24-19-22(15-17-32(24,2)29(26)16-18-33(27,28)3)20-30(35)23-6-9-25(10-7-23)34(37)38/h6-7,9-10,21-22,24,26-29H,5,8,11-20H2,1-4H3/t21-,22?,24-,26?,27?,28+,29+,32+,33-/m1/s1. The lowest BCUT2D eigenvalue weighted by Crippen LogP contribution is -2.53. The molecule has 0 spiro atoms. The maximum Gasteiger partial charge on any atom is 0.305 e. The monoisotopic (exact) mass is 537 g/mol. The molecular formula is C33H47NO5. The topological polar surface area (TPSA) is 86.5 Å². The van der Waals surface area contributed by atoms with Crippen LogP contribution in [0.2, 0.25) is 0 Å². The fourth-order valence-electron chi connectivity index (χ4n) is 10.3. The van der Waals surface area contributed by atoms with Crippen LogP contribution in [-0.4, -0.2) is 23.8 Å². The van der Waals surface area contributed by atoms with E-state index in [1.807, 2.05) is 0 Å². The first-order valence-electron chi connectivity index (χ1n) is 15.4. The third-order valence-electron chi connectivity index (χ3n) is 12.4. The van der Waals surface area contributed by atoms with Crippen molar-refractivity contribution in [3.8, 4) is 0 Å². The Bertz CT molecular complexity index is 1080. The molecule has 0 aliphatic heterocycles. The van der Waals surface area contributed by atoms with Crippen LogP contribution >= 0.6 is 0 Å². The van der Waals surface area contributed by atoms with Gasteiger partial charge in [-0.15, -0.1) is 0 Å². The highest BCUT2D eigenvalue weighted by molar-refractivity contribution is 5.96. The van der Waals surface area contributed by atoms with Crippen molar-refractivity contribution in [3.05, 3.63) is 39.9 Å². The number of nitro benzene ring substituents is 1. The number of fused-ring (bicyclic) bond motifs is 5. The highest BCUT2D eigenvalue weighted by Crippen LogP contribution is 2.68. The summed E-state index contributed by atoms with van der Waals surface area (Å²) in [6, 6.07) is 6.11. The first-order valence-corrected chi connectivity index (χ1v) is 15.4. The Morgan fingerprint density at radius 1 is 1.00 bits per heavy atom. The van der Waals surface area contributed by atoms with Crippen molar-refractivity contribution >= 4 is 17.4 Å². The molecule has 0 aromatic heterocycles. The van der Waals surface area contributed by atoms with E-state index < -0.39 is 4.92 Å². The molecule has 6 heteroatoms. The molecular weight excluding hydrogens is 490 g/mol. The molecule has 9 atom stereocenters. The van der Waals surface area contributed by atoms with Crippen molar-refractivity contribution in [2.24, 2.45) is 52.3 Å². The lowest BCUT2D eigenvalue weighted by molar-refractivity contribution is -0.384. The maximum atomic E-state index is 13.0. The minimum atomic E-state index is -0.419. The highest BCUT2D eigenvalue weighted by atomic mass is 16.6. The van der Waals surface area contributed by atoms with E-state index in [0.29, 0.717) is 52.9 Å². The van der Waals surface area contributed by atoms with Crippen molar-refractivity contribution in [3.63, 3.8) is 0 Å². The number of esters is 1. The van der Waals surface area contributed by atoms with E-state index in [9.17, 15) is 19.7 Å². The molecule has 0 heterocycles. The molecule has 0 amide bonds. The zero-order valence-corrected chi connectivity index (χ0v) is 24.3. The lowest BCUT2D eigenvalue weighted by Gasteiger charge is -2.61. The van der Waals surface area contributed by atoms with Crippen molar-refractivity contribution in [1.82, 2.24) is 0 Å². The van der Waals surface area contributed by atoms with Gasteiger partial charge in [-0.25, -0.2) is 0 Å². The van der Waals surface area contributed by atoms with Crippen LogP contribution in [0.5, 0.6) is 0 Å². The highest BCUT2D eigenvalue weighted by Gasteiger charge is 2.60. The van der Waals surface area contributed by atoms with Crippen molar-refractivity contribution in [2.45, 2.75) is 97.8 Å². The maximum absolute atomic E-state index is 13.0. The van der Waals surface area contributed by atoms with Gasteiger partial charge in [-0.2, -0.15) is 0 Å². The second-order valence-electron chi connectivity index (χ2n) is 14.0. The summed E-state index contributed by atoms with van der Waals surface area (Å²) in [4.78, 5) is 35.3. The largest absolute Gasteiger partial charge is 0.469 e. The number of hydrogen-bond donors (Lipinski definition) is 0. The van der Waals surface area contributed by atoms with Gasteiger partial charge in [0, 0.05) is 30.5 Å². The third-order valence-corrected chi connectivity index (χ3v) is 12.4. The van der Waals surface area contributed by atoms with E-state index in [4.69, 9.17) is 4.74 Å². The van der Waals surface area contributed by atoms with Gasteiger partial charge in [0.15, 0.2) is 5.78 Å². The van der Waals surface area contributed by atoms with Crippen molar-refractivity contribution < 1.29 is 19.2 Å². The number of benzene rings is 1. The van der Waals surface area contributed by atoms with Gasteiger partial charge in [0.2, 0.25) is 0 Å². The molecule has 4 aliphatic rings. The van der Waals surface area contributed by atoms with Gasteiger partial charge in [-0.3, -0.25) is 19.7 Å². The molecule has 1 aromatic carbocycles. The quantitative estimate of drug-likeness (QED) is 0.145. The van der Waals surface area contributed by atoms with Gasteiger partial charge in [-0.1, -0.05) is 20.8 Å². The molecule has 0 saturated heterocycles. The third kappa shape index (κ3) is 5.17. The molecule has 4 aliphatic carbocycles. The molecule has 4 fully saturated rings. The number of nitro groups is 1. The fraction of sp³-hybridized carbons (Fsp3) is 0.758. The van der Waals surface area contributed by atoms with Gasteiger partial charge in [0.05, 0.1) is 12.0 Å². The Morgan fingerprint density at radius 2 is 1.69 bits per heavy atom. The number of carbonyl (C=O) groups excluding carboxylic acids is 2. The van der Waals surface area contributed by atoms with Gasteiger partial charge in [0.1, 0.15) is 0 Å². The zero-order valence-electron chi connectivity index (χ0n) is 24.3. The zero-order chi connectivity index (χ0) is 27.9. The van der Waals surface area contributed by atoms with Crippen LogP contribution in [0, 0.1) is 62.4 Å². The molecule has 0 N–H and O–H groups in total. The Kier molecular flexibility index (Phi) is 7.96. The second-order valence-corrected chi connectivity index (χ2v) is 14.0. The van der Waals surface area contributed by atoms with Crippen LogP contribution in [0.25, 0.3) is 0 Å². The number of carbonyl (C=O) groups is 2. The van der Waals surface area contributed by atoms with E-state index >= 15 is 0 Å². The fourth-order valence-corrected chi connectivity index (χ4v) is 10.3. The molecule has 0 radical (unpaired) electrons. The number of non-ortho nitro benzene ring substituents is 1. The van der Waals surface area contributed by atoms with Gasteiger partial charge >= 0.3 is 5.97 Å². The van der Waals surface area contributed by atoms with Gasteiger partial charge in [-0.05, 0) is 129 Å². The Morgan fingerprint density at radius 3 is 2.38 bits per heavy atom. The van der Waals surface area contributed by atoms with E-state index in [1.54, 1.807) is 12.1 Å². The van der Waals surface area contributed by atoms with Crippen LogP contribution in [0.3, 0.4) is 0 Å². The Labute approximate surface area is 233 Å². The number of Topliss-reactive ketones (excluding diaryl/α,β-unsaturated/α-hetero) is 1. The molecule has 6 nitrogen and oxygen atoms in total. The van der Waals surface area contributed by atoms with Gasteiger partial charge in [0.25, 0.3) is 5.69 Å². The number of methoxy groups -OCH3 is 1. The van der Waals surface area contributed by atoms with Crippen LogP contribution in [0.1, 0.15) is 108 Å². The first-order chi connectivity index (χ1) is 18.6. The van der Waals surface area contributed by atoms with E-state index in [2.05, 4.69) is 20.8 Å². The van der Waals surface area contributed by atoms with Crippen LogP contribution < -0.4 is 0 Å². The van der Waals surface area contributed by atoms with Crippen LogP contribution in [0.4, 0.5) is 5.69 Å². The number of ketones is 1. The molecule has 214 valence electrons. The molecule has 1 aromatic rings. The number of rotatable bonds is 8.